The fourth-order valence-electron chi connectivity index (χ4n) is 1.75. The predicted molar refractivity (Wildman–Crippen MR) is 75.4 cm³/mol. The topological polar surface area (TPSA) is 34.0 Å². The number of anilines is 1. The van der Waals surface area contributed by atoms with E-state index in [-0.39, 0.29) is 5.56 Å². The highest BCUT2D eigenvalue weighted by Crippen LogP contribution is 2.14. The van der Waals surface area contributed by atoms with E-state index in [0.717, 1.165) is 11.3 Å². The summed E-state index contributed by atoms with van der Waals surface area (Å²) in [5.41, 5.74) is 1.79. The number of hydrogen-bond acceptors (Lipinski definition) is 2. The molecule has 1 aromatic heterocycles. The Morgan fingerprint density at radius 1 is 1.28 bits per heavy atom. The van der Waals surface area contributed by atoms with Gasteiger partial charge in [-0.2, -0.15) is 0 Å². The molecule has 4 heteroatoms. The monoisotopic (exact) mass is 262 g/mol. The molecule has 0 unspecified atom stereocenters. The van der Waals surface area contributed by atoms with Gasteiger partial charge in [0.05, 0.1) is 0 Å². The summed E-state index contributed by atoms with van der Waals surface area (Å²) >= 11 is 5.89. The lowest BCUT2D eigenvalue weighted by Crippen LogP contribution is -2.24. The molecule has 0 amide bonds. The van der Waals surface area contributed by atoms with Crippen LogP contribution in [0, 0.1) is 6.92 Å². The van der Waals surface area contributed by atoms with Crippen molar-refractivity contribution in [3.05, 3.63) is 63.5 Å². The summed E-state index contributed by atoms with van der Waals surface area (Å²) in [7, 11) is 0. The van der Waals surface area contributed by atoms with Gasteiger partial charge in [0.1, 0.15) is 0 Å². The molecule has 2 rings (SSSR count). The van der Waals surface area contributed by atoms with E-state index in [9.17, 15) is 4.79 Å². The number of rotatable bonds is 4. The third kappa shape index (κ3) is 3.14. The molecule has 0 bridgehead atoms. The zero-order valence-electron chi connectivity index (χ0n) is 10.2. The van der Waals surface area contributed by atoms with Crippen LogP contribution in [0.3, 0.4) is 0 Å². The molecule has 0 aliphatic heterocycles. The Morgan fingerprint density at radius 2 is 2.11 bits per heavy atom. The van der Waals surface area contributed by atoms with Gasteiger partial charge in [-0.25, -0.2) is 0 Å². The van der Waals surface area contributed by atoms with Gasteiger partial charge in [0.25, 0.3) is 5.56 Å². The molecule has 0 saturated carbocycles. The lowest BCUT2D eigenvalue weighted by atomic mass is 10.3. The molecule has 2 aromatic rings. The normalized spacial score (nSPS) is 10.3. The van der Waals surface area contributed by atoms with Gasteiger partial charge in [0.2, 0.25) is 0 Å². The number of halogens is 1. The summed E-state index contributed by atoms with van der Waals surface area (Å²) in [6.45, 7) is 3.14. The number of aryl methyl sites for hydroxylation is 1. The highest BCUT2D eigenvalue weighted by atomic mass is 35.5. The standard InChI is InChI=1S/C14H15ClN2O/c1-11-4-3-8-17(14(11)18)9-7-16-13-6-2-5-12(15)10-13/h2-6,8,10,16H,7,9H2,1H3. The van der Waals surface area contributed by atoms with E-state index in [1.165, 1.54) is 0 Å². The number of hydrogen-bond donors (Lipinski definition) is 1. The second-order valence-corrected chi connectivity index (χ2v) is 4.56. The third-order valence-corrected chi connectivity index (χ3v) is 2.95. The van der Waals surface area contributed by atoms with Crippen LogP contribution in [0.2, 0.25) is 5.02 Å². The molecular formula is C14H15ClN2O. The second kappa shape index (κ2) is 5.74. The summed E-state index contributed by atoms with van der Waals surface area (Å²) in [5, 5.41) is 3.94. The van der Waals surface area contributed by atoms with Gasteiger partial charge in [-0.05, 0) is 31.2 Å². The number of nitrogens with zero attached hydrogens (tertiary/aromatic N) is 1. The van der Waals surface area contributed by atoms with Crippen LogP contribution in [0.1, 0.15) is 5.56 Å². The number of pyridine rings is 1. The van der Waals surface area contributed by atoms with Gasteiger partial charge in [-0.1, -0.05) is 23.7 Å². The summed E-state index contributed by atoms with van der Waals surface area (Å²) in [5.74, 6) is 0. The fourth-order valence-corrected chi connectivity index (χ4v) is 1.94. The lowest BCUT2D eigenvalue weighted by molar-refractivity contribution is 0.693. The van der Waals surface area contributed by atoms with Crippen LogP contribution in [0.15, 0.2) is 47.4 Å². The summed E-state index contributed by atoms with van der Waals surface area (Å²) in [6.07, 6.45) is 1.80. The summed E-state index contributed by atoms with van der Waals surface area (Å²) < 4.78 is 1.70. The van der Waals surface area contributed by atoms with E-state index in [1.54, 1.807) is 10.8 Å². The van der Waals surface area contributed by atoms with Crippen molar-refractivity contribution < 1.29 is 0 Å². The Hall–Kier alpha value is -1.74. The molecule has 1 aromatic carbocycles. The van der Waals surface area contributed by atoms with E-state index < -0.39 is 0 Å². The smallest absolute Gasteiger partial charge is 0.253 e. The molecule has 3 nitrogen and oxygen atoms in total. The van der Waals surface area contributed by atoms with Gasteiger partial charge in [-0.15, -0.1) is 0 Å². The number of aromatic nitrogens is 1. The van der Waals surface area contributed by atoms with Crippen LogP contribution < -0.4 is 10.9 Å². The average molecular weight is 263 g/mol. The van der Waals surface area contributed by atoms with Crippen molar-refractivity contribution in [3.8, 4) is 0 Å². The molecule has 94 valence electrons. The third-order valence-electron chi connectivity index (χ3n) is 2.72. The van der Waals surface area contributed by atoms with Crippen molar-refractivity contribution >= 4 is 17.3 Å². The van der Waals surface area contributed by atoms with Gasteiger partial charge >= 0.3 is 0 Å². The Labute approximate surface area is 111 Å². The molecule has 0 fully saturated rings. The molecule has 0 saturated heterocycles. The zero-order chi connectivity index (χ0) is 13.0. The molecule has 0 aliphatic carbocycles. The van der Waals surface area contributed by atoms with Crippen molar-refractivity contribution in [2.75, 3.05) is 11.9 Å². The molecule has 1 heterocycles. The number of nitrogens with one attached hydrogen (secondary N) is 1. The maximum atomic E-state index is 11.8. The lowest BCUT2D eigenvalue weighted by Gasteiger charge is -2.09. The summed E-state index contributed by atoms with van der Waals surface area (Å²) in [6, 6.07) is 11.2. The minimum absolute atomic E-state index is 0.0606. The van der Waals surface area contributed by atoms with Crippen LogP contribution >= 0.6 is 11.6 Å². The Kier molecular flexibility index (Phi) is 4.05. The Morgan fingerprint density at radius 3 is 2.89 bits per heavy atom. The SMILES string of the molecule is Cc1cccn(CCNc2cccc(Cl)c2)c1=O. The second-order valence-electron chi connectivity index (χ2n) is 4.13. The van der Waals surface area contributed by atoms with E-state index >= 15 is 0 Å². The Balaban J connectivity index is 1.97. The molecule has 0 spiro atoms. The Bertz CT molecular complexity index is 592. The molecular weight excluding hydrogens is 248 g/mol. The van der Waals surface area contributed by atoms with Crippen molar-refractivity contribution in [2.24, 2.45) is 0 Å². The molecule has 1 N–H and O–H groups in total. The van der Waals surface area contributed by atoms with Crippen LogP contribution in [-0.4, -0.2) is 11.1 Å². The first-order valence-corrected chi connectivity index (χ1v) is 6.20. The van der Waals surface area contributed by atoms with Crippen molar-refractivity contribution in [1.82, 2.24) is 4.57 Å². The van der Waals surface area contributed by atoms with E-state index in [1.807, 2.05) is 43.3 Å². The van der Waals surface area contributed by atoms with Crippen LogP contribution in [0.5, 0.6) is 0 Å². The molecule has 0 atom stereocenters. The van der Waals surface area contributed by atoms with Gasteiger partial charge < -0.3 is 9.88 Å². The maximum absolute atomic E-state index is 11.8. The summed E-state index contributed by atoms with van der Waals surface area (Å²) in [4.78, 5) is 11.8. The first kappa shape index (κ1) is 12.7. The van der Waals surface area contributed by atoms with Crippen LogP contribution in [0.25, 0.3) is 0 Å². The van der Waals surface area contributed by atoms with E-state index in [2.05, 4.69) is 5.32 Å². The minimum Gasteiger partial charge on any atom is -0.383 e. The van der Waals surface area contributed by atoms with Gasteiger partial charge in [-0.3, -0.25) is 4.79 Å². The van der Waals surface area contributed by atoms with E-state index in [0.29, 0.717) is 18.1 Å². The number of benzene rings is 1. The first-order chi connectivity index (χ1) is 8.66. The van der Waals surface area contributed by atoms with E-state index in [4.69, 9.17) is 11.6 Å². The molecule has 18 heavy (non-hydrogen) atoms. The van der Waals surface area contributed by atoms with Gasteiger partial charge in [0, 0.05) is 35.6 Å². The molecule has 0 aliphatic rings. The highest BCUT2D eigenvalue weighted by Gasteiger charge is 1.98. The van der Waals surface area contributed by atoms with Crippen molar-refractivity contribution in [2.45, 2.75) is 13.5 Å². The highest BCUT2D eigenvalue weighted by molar-refractivity contribution is 6.30. The zero-order valence-corrected chi connectivity index (χ0v) is 10.9. The average Bonchev–Trinajstić information content (AvgIpc) is 2.35. The fraction of sp³-hybridized carbons (Fsp3) is 0.214. The van der Waals surface area contributed by atoms with Crippen molar-refractivity contribution in [1.29, 1.82) is 0 Å². The first-order valence-electron chi connectivity index (χ1n) is 5.82. The van der Waals surface area contributed by atoms with Crippen LogP contribution in [0.4, 0.5) is 5.69 Å². The van der Waals surface area contributed by atoms with Gasteiger partial charge in [0.15, 0.2) is 0 Å². The predicted octanol–water partition coefficient (Wildman–Crippen LogP) is 2.92. The minimum atomic E-state index is 0.0606. The molecule has 0 radical (unpaired) electrons. The maximum Gasteiger partial charge on any atom is 0.253 e. The van der Waals surface area contributed by atoms with Crippen molar-refractivity contribution in [3.63, 3.8) is 0 Å². The largest absolute Gasteiger partial charge is 0.383 e. The quantitative estimate of drug-likeness (QED) is 0.919. The van der Waals surface area contributed by atoms with Crippen LogP contribution in [-0.2, 0) is 6.54 Å².